The maximum Gasteiger partial charge on any atom is 0.196 e. The Bertz CT molecular complexity index is 2290. The highest BCUT2D eigenvalue weighted by Crippen LogP contribution is 2.41. The van der Waals surface area contributed by atoms with Crippen LogP contribution in [0.2, 0.25) is 0 Å². The van der Waals surface area contributed by atoms with Gasteiger partial charge in [0.05, 0.1) is 5.69 Å². The molecule has 0 saturated heterocycles. The van der Waals surface area contributed by atoms with E-state index >= 15 is 0 Å². The van der Waals surface area contributed by atoms with E-state index in [9.17, 15) is 0 Å². The Balaban J connectivity index is 1.05. The lowest BCUT2D eigenvalue weighted by Gasteiger charge is -2.22. The summed E-state index contributed by atoms with van der Waals surface area (Å²) in [6, 6.07) is 49.5. The van der Waals surface area contributed by atoms with E-state index in [2.05, 4.69) is 95.6 Å². The fraction of sp³-hybridized carbons (Fsp3) is 0.0500. The Morgan fingerprint density at radius 3 is 1.93 bits per heavy atom. The van der Waals surface area contributed by atoms with Gasteiger partial charge in [0.25, 0.3) is 0 Å². The first kappa shape index (κ1) is 26.3. The second-order valence-corrected chi connectivity index (χ2v) is 11.5. The molecule has 7 aromatic rings. The lowest BCUT2D eigenvalue weighted by molar-refractivity contribution is 0.260. The van der Waals surface area contributed by atoms with E-state index in [1.807, 2.05) is 60.7 Å². The summed E-state index contributed by atoms with van der Waals surface area (Å²) in [6.07, 6.45) is -0.543. The van der Waals surface area contributed by atoms with Crippen LogP contribution in [0.1, 0.15) is 34.6 Å². The van der Waals surface area contributed by atoms with Crippen LogP contribution in [-0.4, -0.2) is 11.7 Å². The molecule has 0 radical (unpaired) electrons. The standard InChI is InChI=1S/C40H28N4O2/c1-4-10-25(11-5-1)37-42-38(26-12-6-2-7-13-26)44-39(43-37)30-16-19-31-32-22-28(17-20-34(32)45-36(31)24-30)29-18-21-35-33(23-29)41-40(46-35)27-14-8-3-9-15-27/h1-24,37,40-41H,(H,42,43,44). The average molecular weight is 597 g/mol. The number of ether oxygens (including phenoxy) is 1. The molecule has 46 heavy (non-hydrogen) atoms. The minimum absolute atomic E-state index is 0.192. The zero-order valence-corrected chi connectivity index (χ0v) is 24.7. The maximum atomic E-state index is 6.39. The van der Waals surface area contributed by atoms with Gasteiger partial charge in [0, 0.05) is 27.5 Å². The minimum atomic E-state index is -0.350. The third kappa shape index (κ3) is 4.68. The van der Waals surface area contributed by atoms with Gasteiger partial charge in [-0.3, -0.25) is 0 Å². The topological polar surface area (TPSA) is 71.2 Å². The average Bonchev–Trinajstić information content (AvgIpc) is 3.73. The number of amidine groups is 2. The van der Waals surface area contributed by atoms with Crippen LogP contribution in [0.25, 0.3) is 33.1 Å². The molecule has 0 aliphatic carbocycles. The molecule has 6 heteroatoms. The van der Waals surface area contributed by atoms with E-state index in [4.69, 9.17) is 19.1 Å². The number of furan rings is 1. The Hall–Kier alpha value is -6.14. The van der Waals surface area contributed by atoms with E-state index < -0.39 is 0 Å². The van der Waals surface area contributed by atoms with E-state index in [1.54, 1.807) is 0 Å². The highest BCUT2D eigenvalue weighted by Gasteiger charge is 2.24. The quantitative estimate of drug-likeness (QED) is 0.208. The molecule has 3 heterocycles. The fourth-order valence-electron chi connectivity index (χ4n) is 6.22. The van der Waals surface area contributed by atoms with Crippen LogP contribution in [0, 0.1) is 0 Å². The van der Waals surface area contributed by atoms with Crippen LogP contribution in [0.4, 0.5) is 5.69 Å². The molecule has 6 nitrogen and oxygen atoms in total. The van der Waals surface area contributed by atoms with Gasteiger partial charge in [-0.15, -0.1) is 0 Å². The molecule has 2 unspecified atom stereocenters. The molecule has 1 aromatic heterocycles. The number of rotatable bonds is 5. The third-order valence-electron chi connectivity index (χ3n) is 8.58. The molecule has 0 saturated carbocycles. The molecule has 9 rings (SSSR count). The summed E-state index contributed by atoms with van der Waals surface area (Å²) in [5, 5.41) is 9.14. The number of anilines is 1. The molecule has 0 spiro atoms. The summed E-state index contributed by atoms with van der Waals surface area (Å²) < 4.78 is 12.6. The molecule has 0 amide bonds. The van der Waals surface area contributed by atoms with Crippen molar-refractivity contribution >= 4 is 39.3 Å². The van der Waals surface area contributed by atoms with Crippen molar-refractivity contribution < 1.29 is 9.15 Å². The van der Waals surface area contributed by atoms with E-state index in [-0.39, 0.29) is 12.4 Å². The molecule has 2 aliphatic heterocycles. The fourth-order valence-corrected chi connectivity index (χ4v) is 6.22. The molecule has 2 N–H and O–H groups in total. The molecule has 6 aromatic carbocycles. The SMILES string of the molecule is c1ccc(C2=NC(c3ccccc3)N=C(c3ccc4c(c3)oc3ccc(-c5ccc6c(c5)NC(c5ccccc5)O6)cc34)N2)cc1. The van der Waals surface area contributed by atoms with Gasteiger partial charge in [-0.25, -0.2) is 9.98 Å². The summed E-state index contributed by atoms with van der Waals surface area (Å²) in [5.74, 6) is 2.40. The highest BCUT2D eigenvalue weighted by atomic mass is 16.5. The summed E-state index contributed by atoms with van der Waals surface area (Å²) in [4.78, 5) is 9.98. The van der Waals surface area contributed by atoms with Crippen molar-refractivity contribution in [3.05, 3.63) is 168 Å². The Morgan fingerprint density at radius 1 is 0.500 bits per heavy atom. The number of aliphatic imine (C=N–C) groups is 2. The number of nitrogens with zero attached hydrogens (tertiary/aromatic N) is 2. The Kier molecular flexibility index (Phi) is 6.16. The summed E-state index contributed by atoms with van der Waals surface area (Å²) >= 11 is 0. The van der Waals surface area contributed by atoms with Gasteiger partial charge in [0.15, 0.2) is 12.4 Å². The zero-order chi connectivity index (χ0) is 30.5. The number of fused-ring (bicyclic) bond motifs is 4. The number of hydrogen-bond donors (Lipinski definition) is 2. The van der Waals surface area contributed by atoms with Crippen molar-refractivity contribution in [2.45, 2.75) is 12.4 Å². The normalized spacial score (nSPS) is 17.0. The largest absolute Gasteiger partial charge is 0.464 e. The van der Waals surface area contributed by atoms with Gasteiger partial charge in [-0.2, -0.15) is 0 Å². The van der Waals surface area contributed by atoms with Crippen LogP contribution >= 0.6 is 0 Å². The smallest absolute Gasteiger partial charge is 0.196 e. The van der Waals surface area contributed by atoms with E-state index in [0.29, 0.717) is 0 Å². The van der Waals surface area contributed by atoms with Crippen molar-refractivity contribution in [2.24, 2.45) is 9.98 Å². The van der Waals surface area contributed by atoms with Crippen molar-refractivity contribution in [3.63, 3.8) is 0 Å². The van der Waals surface area contributed by atoms with Crippen molar-refractivity contribution in [2.75, 3.05) is 5.32 Å². The number of nitrogens with one attached hydrogen (secondary N) is 2. The van der Waals surface area contributed by atoms with Gasteiger partial charge in [-0.05, 0) is 53.1 Å². The van der Waals surface area contributed by atoms with Crippen LogP contribution in [0.5, 0.6) is 5.75 Å². The van der Waals surface area contributed by atoms with Gasteiger partial charge < -0.3 is 19.8 Å². The number of hydrogen-bond acceptors (Lipinski definition) is 6. The summed E-state index contributed by atoms with van der Waals surface area (Å²) in [7, 11) is 0. The highest BCUT2D eigenvalue weighted by molar-refractivity contribution is 6.17. The van der Waals surface area contributed by atoms with Crippen molar-refractivity contribution in [3.8, 4) is 16.9 Å². The first-order valence-corrected chi connectivity index (χ1v) is 15.4. The van der Waals surface area contributed by atoms with Gasteiger partial charge >= 0.3 is 0 Å². The van der Waals surface area contributed by atoms with E-state index in [1.165, 1.54) is 0 Å². The Labute approximate surface area is 265 Å². The predicted octanol–water partition coefficient (Wildman–Crippen LogP) is 9.25. The van der Waals surface area contributed by atoms with Gasteiger partial charge in [0.2, 0.25) is 0 Å². The monoisotopic (exact) mass is 596 g/mol. The van der Waals surface area contributed by atoms with E-state index in [0.717, 1.165) is 78.4 Å². The molecule has 0 bridgehead atoms. The van der Waals surface area contributed by atoms with Crippen LogP contribution in [0.3, 0.4) is 0 Å². The molecular formula is C40H28N4O2. The van der Waals surface area contributed by atoms with Crippen molar-refractivity contribution in [1.82, 2.24) is 5.32 Å². The molecule has 2 atom stereocenters. The summed E-state index contributed by atoms with van der Waals surface area (Å²) in [5.41, 5.74) is 8.94. The van der Waals surface area contributed by atoms with Gasteiger partial charge in [-0.1, -0.05) is 109 Å². The number of benzene rings is 6. The van der Waals surface area contributed by atoms with Crippen LogP contribution in [0.15, 0.2) is 160 Å². The molecular weight excluding hydrogens is 568 g/mol. The maximum absolute atomic E-state index is 6.39. The molecule has 2 aliphatic rings. The van der Waals surface area contributed by atoms with Crippen LogP contribution in [-0.2, 0) is 0 Å². The lowest BCUT2D eigenvalue weighted by Crippen LogP contribution is -2.36. The summed E-state index contributed by atoms with van der Waals surface area (Å²) in [6.45, 7) is 0. The van der Waals surface area contributed by atoms with Crippen molar-refractivity contribution in [1.29, 1.82) is 0 Å². The molecule has 220 valence electrons. The lowest BCUT2D eigenvalue weighted by atomic mass is 10.0. The second-order valence-electron chi connectivity index (χ2n) is 11.5. The Morgan fingerprint density at radius 2 is 1.15 bits per heavy atom. The van der Waals surface area contributed by atoms with Crippen LogP contribution < -0.4 is 15.4 Å². The first-order chi connectivity index (χ1) is 22.7. The van der Waals surface area contributed by atoms with Gasteiger partial charge in [0.1, 0.15) is 28.6 Å². The molecule has 0 fully saturated rings. The third-order valence-corrected chi connectivity index (χ3v) is 8.58. The second kappa shape index (κ2) is 10.8. The first-order valence-electron chi connectivity index (χ1n) is 15.4. The minimum Gasteiger partial charge on any atom is -0.464 e. The zero-order valence-electron chi connectivity index (χ0n) is 24.7. The predicted molar refractivity (Wildman–Crippen MR) is 184 cm³/mol.